The first-order valence-electron chi connectivity index (χ1n) is 7.60. The van der Waals surface area contributed by atoms with E-state index in [1.807, 2.05) is 19.1 Å². The van der Waals surface area contributed by atoms with E-state index < -0.39 is 0 Å². The van der Waals surface area contributed by atoms with E-state index in [1.54, 1.807) is 18.2 Å². The Hall–Kier alpha value is -3.05. The molecule has 0 spiro atoms. The van der Waals surface area contributed by atoms with Gasteiger partial charge in [0.15, 0.2) is 5.75 Å². The van der Waals surface area contributed by atoms with Crippen molar-refractivity contribution < 1.29 is 4.74 Å². The van der Waals surface area contributed by atoms with Crippen LogP contribution < -0.4 is 10.1 Å². The van der Waals surface area contributed by atoms with Crippen LogP contribution in [0, 0.1) is 22.7 Å². The lowest BCUT2D eigenvalue weighted by molar-refractivity contribution is 0.341. The van der Waals surface area contributed by atoms with Crippen molar-refractivity contribution >= 4 is 11.5 Å². The number of hydrogen-bond donors (Lipinski definition) is 1. The first kappa shape index (κ1) is 14.9. The Morgan fingerprint density at radius 1 is 1.17 bits per heavy atom. The number of nitrogens with one attached hydrogen (secondary N) is 1. The Balaban J connectivity index is 2.00. The lowest BCUT2D eigenvalue weighted by Gasteiger charge is -2.14. The van der Waals surface area contributed by atoms with Gasteiger partial charge in [-0.25, -0.2) is 4.98 Å². The summed E-state index contributed by atoms with van der Waals surface area (Å²) < 4.78 is 5.60. The molecule has 5 heteroatoms. The highest BCUT2D eigenvalue weighted by Crippen LogP contribution is 2.40. The first-order valence-corrected chi connectivity index (χ1v) is 7.60. The van der Waals surface area contributed by atoms with Crippen LogP contribution in [-0.4, -0.2) is 11.6 Å². The Morgan fingerprint density at radius 3 is 2.61 bits per heavy atom. The number of benzene rings is 1. The molecule has 1 aromatic carbocycles. The minimum Gasteiger partial charge on any atom is -0.490 e. The molecule has 0 unspecified atom stereocenters. The zero-order valence-electron chi connectivity index (χ0n) is 12.8. The van der Waals surface area contributed by atoms with Gasteiger partial charge in [0.2, 0.25) is 0 Å². The maximum absolute atomic E-state index is 9.30. The van der Waals surface area contributed by atoms with Crippen LogP contribution >= 0.6 is 0 Å². The van der Waals surface area contributed by atoms with Crippen LogP contribution in [0.3, 0.4) is 0 Å². The quantitative estimate of drug-likeness (QED) is 0.907. The second-order valence-electron chi connectivity index (χ2n) is 5.37. The van der Waals surface area contributed by atoms with E-state index >= 15 is 0 Å². The second kappa shape index (κ2) is 6.37. The Bertz CT molecular complexity index is 813. The summed E-state index contributed by atoms with van der Waals surface area (Å²) in [5.41, 5.74) is 2.57. The molecule has 0 aliphatic heterocycles. The molecule has 5 nitrogen and oxygen atoms in total. The lowest BCUT2D eigenvalue weighted by atomic mass is 10.1. The zero-order chi connectivity index (χ0) is 16.2. The summed E-state index contributed by atoms with van der Waals surface area (Å²) in [6, 6.07) is 13.3. The van der Waals surface area contributed by atoms with Gasteiger partial charge < -0.3 is 10.1 Å². The fourth-order valence-electron chi connectivity index (χ4n) is 2.42. The molecule has 0 radical (unpaired) electrons. The van der Waals surface area contributed by atoms with Crippen molar-refractivity contribution in [2.24, 2.45) is 0 Å². The third-order valence-electron chi connectivity index (χ3n) is 3.71. The molecule has 1 aromatic heterocycles. The summed E-state index contributed by atoms with van der Waals surface area (Å²) >= 11 is 0. The van der Waals surface area contributed by atoms with Crippen LogP contribution in [-0.2, 0) is 0 Å². The minimum absolute atomic E-state index is 0.452. The maximum atomic E-state index is 9.30. The van der Waals surface area contributed by atoms with Crippen LogP contribution in [0.2, 0.25) is 0 Å². The van der Waals surface area contributed by atoms with Crippen LogP contribution in [0.4, 0.5) is 11.5 Å². The van der Waals surface area contributed by atoms with Gasteiger partial charge in [-0.3, -0.25) is 0 Å². The Morgan fingerprint density at radius 2 is 1.96 bits per heavy atom. The molecular formula is C18H16N4O. The summed E-state index contributed by atoms with van der Waals surface area (Å²) in [4.78, 5) is 4.59. The molecule has 2 aromatic rings. The number of nitrogens with zero attached hydrogens (tertiary/aromatic N) is 3. The van der Waals surface area contributed by atoms with Gasteiger partial charge in [0.25, 0.3) is 0 Å². The summed E-state index contributed by atoms with van der Waals surface area (Å²) in [5, 5.41) is 21.7. The molecule has 1 heterocycles. The predicted molar refractivity (Wildman–Crippen MR) is 86.5 cm³/mol. The van der Waals surface area contributed by atoms with Gasteiger partial charge >= 0.3 is 0 Å². The van der Waals surface area contributed by atoms with Gasteiger partial charge in [0.1, 0.15) is 18.0 Å². The molecule has 114 valence electrons. The summed E-state index contributed by atoms with van der Waals surface area (Å²) in [7, 11) is 0. The van der Waals surface area contributed by atoms with E-state index in [9.17, 15) is 10.5 Å². The molecule has 23 heavy (non-hydrogen) atoms. The van der Waals surface area contributed by atoms with Crippen molar-refractivity contribution in [2.45, 2.75) is 25.7 Å². The molecule has 1 N–H and O–H groups in total. The summed E-state index contributed by atoms with van der Waals surface area (Å²) in [6.07, 6.45) is 2.29. The number of anilines is 2. The highest BCUT2D eigenvalue weighted by Gasteiger charge is 2.26. The van der Waals surface area contributed by atoms with E-state index in [-0.39, 0.29) is 0 Å². The van der Waals surface area contributed by atoms with Gasteiger partial charge in [-0.1, -0.05) is 6.07 Å². The largest absolute Gasteiger partial charge is 0.490 e. The molecule has 0 atom stereocenters. The molecule has 1 aliphatic carbocycles. The van der Waals surface area contributed by atoms with Gasteiger partial charge in [-0.2, -0.15) is 10.5 Å². The lowest BCUT2D eigenvalue weighted by Crippen LogP contribution is -2.03. The van der Waals surface area contributed by atoms with Gasteiger partial charge in [-0.15, -0.1) is 0 Å². The monoisotopic (exact) mass is 304 g/mol. The SMILES string of the molecule is CCOc1c(C#N)cccc1Nc1nc(C2CC2)ccc1C#N. The Kier molecular flexibility index (Phi) is 4.12. The average Bonchev–Trinajstić information content (AvgIpc) is 3.41. The number of hydrogen-bond acceptors (Lipinski definition) is 5. The van der Waals surface area contributed by atoms with E-state index in [1.165, 1.54) is 0 Å². The number of aromatic nitrogens is 1. The number of rotatable bonds is 5. The molecule has 0 saturated heterocycles. The zero-order valence-corrected chi connectivity index (χ0v) is 12.8. The molecule has 3 rings (SSSR count). The smallest absolute Gasteiger partial charge is 0.160 e. The number of para-hydroxylation sites is 1. The van der Waals surface area contributed by atoms with Crippen molar-refractivity contribution in [3.05, 3.63) is 47.2 Å². The highest BCUT2D eigenvalue weighted by atomic mass is 16.5. The molecule has 0 bridgehead atoms. The number of pyridine rings is 1. The van der Waals surface area contributed by atoms with Crippen molar-refractivity contribution in [2.75, 3.05) is 11.9 Å². The highest BCUT2D eigenvalue weighted by molar-refractivity contribution is 5.71. The van der Waals surface area contributed by atoms with E-state index in [0.717, 1.165) is 18.5 Å². The fraction of sp³-hybridized carbons (Fsp3) is 0.278. The minimum atomic E-state index is 0.452. The van der Waals surface area contributed by atoms with Crippen molar-refractivity contribution in [3.8, 4) is 17.9 Å². The van der Waals surface area contributed by atoms with Gasteiger partial charge in [-0.05, 0) is 44.0 Å². The summed E-state index contributed by atoms with van der Waals surface area (Å²) in [5.74, 6) is 1.49. The first-order chi connectivity index (χ1) is 11.3. The maximum Gasteiger partial charge on any atom is 0.160 e. The van der Waals surface area contributed by atoms with Crippen molar-refractivity contribution in [3.63, 3.8) is 0 Å². The van der Waals surface area contributed by atoms with E-state index in [2.05, 4.69) is 22.4 Å². The topological polar surface area (TPSA) is 81.7 Å². The third-order valence-corrected chi connectivity index (χ3v) is 3.71. The van der Waals surface area contributed by atoms with Crippen LogP contribution in [0.5, 0.6) is 5.75 Å². The second-order valence-corrected chi connectivity index (χ2v) is 5.37. The van der Waals surface area contributed by atoms with Crippen LogP contribution in [0.15, 0.2) is 30.3 Å². The normalized spacial score (nSPS) is 13.0. The van der Waals surface area contributed by atoms with Crippen LogP contribution in [0.1, 0.15) is 42.5 Å². The predicted octanol–water partition coefficient (Wildman–Crippen LogP) is 3.84. The van der Waals surface area contributed by atoms with Crippen LogP contribution in [0.25, 0.3) is 0 Å². The molecule has 1 saturated carbocycles. The third kappa shape index (κ3) is 3.09. The van der Waals surface area contributed by atoms with Gasteiger partial charge in [0.05, 0.1) is 23.4 Å². The van der Waals surface area contributed by atoms with Crippen molar-refractivity contribution in [1.29, 1.82) is 10.5 Å². The number of ether oxygens (including phenoxy) is 1. The van der Waals surface area contributed by atoms with E-state index in [0.29, 0.717) is 40.9 Å². The standard InChI is InChI=1S/C18H16N4O/c1-2-23-17-13(10-19)4-3-5-16(17)22-18-14(11-20)8-9-15(21-18)12-6-7-12/h3-5,8-9,12H,2,6-7H2,1H3,(H,21,22). The Labute approximate surface area is 135 Å². The number of nitriles is 2. The fourth-order valence-corrected chi connectivity index (χ4v) is 2.42. The van der Waals surface area contributed by atoms with E-state index in [4.69, 9.17) is 4.74 Å². The molecule has 0 amide bonds. The summed E-state index contributed by atoms with van der Waals surface area (Å²) in [6.45, 7) is 2.32. The van der Waals surface area contributed by atoms with Gasteiger partial charge in [0, 0.05) is 11.6 Å². The molecule has 1 aliphatic rings. The average molecular weight is 304 g/mol. The van der Waals surface area contributed by atoms with Crippen molar-refractivity contribution in [1.82, 2.24) is 4.98 Å². The molecule has 1 fully saturated rings. The molecular weight excluding hydrogens is 288 g/mol.